The molecule has 1 aliphatic heterocycles. The number of nitrogens with zero attached hydrogens (tertiary/aromatic N) is 2. The van der Waals surface area contributed by atoms with E-state index in [1.165, 1.54) is 12.0 Å². The molecule has 0 spiro atoms. The Morgan fingerprint density at radius 2 is 1.83 bits per heavy atom. The van der Waals surface area contributed by atoms with Gasteiger partial charge in [0.2, 0.25) is 0 Å². The molecular formula is C23H20N2O5. The highest BCUT2D eigenvalue weighted by Crippen LogP contribution is 2.42. The third-order valence-electron chi connectivity index (χ3n) is 5.04. The number of hydrogen-bond acceptors (Lipinski definition) is 6. The van der Waals surface area contributed by atoms with Gasteiger partial charge in [0.25, 0.3) is 5.78 Å². The van der Waals surface area contributed by atoms with Crippen molar-refractivity contribution in [2.75, 3.05) is 12.0 Å². The van der Waals surface area contributed by atoms with Gasteiger partial charge in [-0.3, -0.25) is 14.5 Å². The molecule has 0 saturated carbocycles. The van der Waals surface area contributed by atoms with Gasteiger partial charge in [0, 0.05) is 11.6 Å². The van der Waals surface area contributed by atoms with E-state index in [4.69, 9.17) is 9.26 Å². The maximum Gasteiger partial charge on any atom is 0.301 e. The van der Waals surface area contributed by atoms with E-state index in [0.29, 0.717) is 22.6 Å². The van der Waals surface area contributed by atoms with Crippen LogP contribution < -0.4 is 9.64 Å². The first-order chi connectivity index (χ1) is 14.4. The van der Waals surface area contributed by atoms with Gasteiger partial charge in [-0.2, -0.15) is 0 Å². The van der Waals surface area contributed by atoms with E-state index >= 15 is 0 Å². The number of aliphatic hydroxyl groups is 1. The van der Waals surface area contributed by atoms with Crippen molar-refractivity contribution < 1.29 is 24.0 Å². The summed E-state index contributed by atoms with van der Waals surface area (Å²) in [7, 11) is 1.51. The Morgan fingerprint density at radius 3 is 2.47 bits per heavy atom. The van der Waals surface area contributed by atoms with Crippen LogP contribution in [-0.2, 0) is 9.59 Å². The molecule has 1 atom stereocenters. The van der Waals surface area contributed by atoms with Crippen molar-refractivity contribution in [1.29, 1.82) is 0 Å². The summed E-state index contributed by atoms with van der Waals surface area (Å²) in [6, 6.07) is 14.8. The molecule has 4 rings (SSSR count). The van der Waals surface area contributed by atoms with Crippen LogP contribution in [0.5, 0.6) is 5.75 Å². The van der Waals surface area contributed by atoms with Gasteiger partial charge >= 0.3 is 5.91 Å². The second-order valence-electron chi connectivity index (χ2n) is 7.11. The van der Waals surface area contributed by atoms with Crippen molar-refractivity contribution in [3.05, 3.63) is 82.6 Å². The van der Waals surface area contributed by atoms with Gasteiger partial charge in [-0.15, -0.1) is 0 Å². The first kappa shape index (κ1) is 19.4. The normalized spacial score (nSPS) is 18.1. The van der Waals surface area contributed by atoms with Crippen molar-refractivity contribution in [2.24, 2.45) is 0 Å². The molecule has 0 aliphatic carbocycles. The fourth-order valence-electron chi connectivity index (χ4n) is 3.53. The Morgan fingerprint density at radius 1 is 1.10 bits per heavy atom. The number of aryl methyl sites for hydroxylation is 2. The van der Waals surface area contributed by atoms with Crippen molar-refractivity contribution in [2.45, 2.75) is 19.9 Å². The van der Waals surface area contributed by atoms with E-state index in [9.17, 15) is 14.7 Å². The van der Waals surface area contributed by atoms with E-state index in [2.05, 4.69) is 5.16 Å². The summed E-state index contributed by atoms with van der Waals surface area (Å²) in [5, 5.41) is 15.0. The zero-order valence-corrected chi connectivity index (χ0v) is 16.7. The third kappa shape index (κ3) is 3.24. The van der Waals surface area contributed by atoms with Gasteiger partial charge in [-0.1, -0.05) is 47.1 Å². The minimum Gasteiger partial charge on any atom is -0.507 e. The molecule has 3 aromatic rings. The molecule has 7 nitrogen and oxygen atoms in total. The smallest absolute Gasteiger partial charge is 0.301 e. The van der Waals surface area contributed by atoms with Gasteiger partial charge in [-0.05, 0) is 31.5 Å². The summed E-state index contributed by atoms with van der Waals surface area (Å²) in [5.74, 6) is -0.611. The first-order valence-electron chi connectivity index (χ1n) is 9.36. The lowest BCUT2D eigenvalue weighted by molar-refractivity contribution is -0.132. The molecule has 1 amide bonds. The summed E-state index contributed by atoms with van der Waals surface area (Å²) in [6.07, 6.45) is 0. The summed E-state index contributed by atoms with van der Waals surface area (Å²) in [4.78, 5) is 27.2. The Balaban J connectivity index is 1.94. The number of Topliss-reactive ketones (excluding diaryl/α,β-unsaturated/α-hetero) is 1. The Hall–Kier alpha value is -3.87. The van der Waals surface area contributed by atoms with Crippen LogP contribution in [0.1, 0.15) is 28.5 Å². The number of carbonyl (C=O) groups is 2. The summed E-state index contributed by atoms with van der Waals surface area (Å²) in [6.45, 7) is 3.64. The molecule has 7 heteroatoms. The predicted octanol–water partition coefficient (Wildman–Crippen LogP) is 3.93. The molecule has 2 aromatic carbocycles. The SMILES string of the molecule is COc1cccc(C(O)=C2C(=O)C(=O)N(c3cc(C)on3)C2c2ccc(C)cc2)c1. The summed E-state index contributed by atoms with van der Waals surface area (Å²) >= 11 is 0. The van der Waals surface area contributed by atoms with Crippen molar-refractivity contribution in [3.63, 3.8) is 0 Å². The standard InChI is InChI=1S/C23H20N2O5/c1-13-7-9-15(10-8-13)20-19(21(26)16-5-4-6-17(12-16)29-3)22(27)23(28)25(20)18-11-14(2)30-24-18/h4-12,20,26H,1-3H3. The number of aromatic nitrogens is 1. The molecule has 2 heterocycles. The van der Waals surface area contributed by atoms with Crippen LogP contribution >= 0.6 is 0 Å². The highest BCUT2D eigenvalue weighted by molar-refractivity contribution is 6.51. The average molecular weight is 404 g/mol. The Labute approximate surface area is 173 Å². The highest BCUT2D eigenvalue weighted by Gasteiger charge is 2.48. The van der Waals surface area contributed by atoms with Crippen molar-refractivity contribution >= 4 is 23.3 Å². The number of ether oxygens (including phenoxy) is 1. The van der Waals surface area contributed by atoms with Crippen molar-refractivity contribution in [1.82, 2.24) is 5.16 Å². The number of amides is 1. The van der Waals surface area contributed by atoms with Crippen molar-refractivity contribution in [3.8, 4) is 5.75 Å². The quantitative estimate of drug-likeness (QED) is 0.402. The Bertz CT molecular complexity index is 1160. The monoisotopic (exact) mass is 404 g/mol. The topological polar surface area (TPSA) is 92.9 Å². The van der Waals surface area contributed by atoms with Crippen LogP contribution in [0.4, 0.5) is 5.82 Å². The van der Waals surface area contributed by atoms with E-state index in [-0.39, 0.29) is 17.2 Å². The van der Waals surface area contributed by atoms with Crippen LogP contribution in [-0.4, -0.2) is 29.1 Å². The molecule has 1 aromatic heterocycles. The van der Waals surface area contributed by atoms with Crippen LogP contribution in [0.2, 0.25) is 0 Å². The Kier molecular flexibility index (Phi) is 4.87. The molecular weight excluding hydrogens is 384 g/mol. The minimum atomic E-state index is -0.846. The van der Waals surface area contributed by atoms with Crippen LogP contribution in [0.3, 0.4) is 0 Å². The van der Waals surface area contributed by atoms with Crippen LogP contribution in [0.15, 0.2) is 64.7 Å². The number of hydrogen-bond donors (Lipinski definition) is 1. The molecule has 30 heavy (non-hydrogen) atoms. The van der Waals surface area contributed by atoms with Gasteiger partial charge in [0.15, 0.2) is 5.82 Å². The molecule has 1 fully saturated rings. The summed E-state index contributed by atoms with van der Waals surface area (Å²) in [5.41, 5.74) is 2.06. The minimum absolute atomic E-state index is 0.0160. The molecule has 1 unspecified atom stereocenters. The molecule has 0 bridgehead atoms. The number of carbonyl (C=O) groups excluding carboxylic acids is 2. The largest absolute Gasteiger partial charge is 0.507 e. The number of benzene rings is 2. The highest BCUT2D eigenvalue weighted by atomic mass is 16.5. The molecule has 1 N–H and O–H groups in total. The third-order valence-corrected chi connectivity index (χ3v) is 5.04. The molecule has 1 aliphatic rings. The predicted molar refractivity (Wildman–Crippen MR) is 110 cm³/mol. The van der Waals surface area contributed by atoms with Crippen LogP contribution in [0, 0.1) is 13.8 Å². The molecule has 152 valence electrons. The zero-order chi connectivity index (χ0) is 21.4. The van der Waals surface area contributed by atoms with E-state index in [1.54, 1.807) is 37.3 Å². The van der Waals surface area contributed by atoms with Gasteiger partial charge in [-0.25, -0.2) is 0 Å². The second kappa shape index (κ2) is 7.51. The number of ketones is 1. The number of rotatable bonds is 4. The maximum atomic E-state index is 13.0. The lowest BCUT2D eigenvalue weighted by Gasteiger charge is -2.23. The molecule has 1 saturated heterocycles. The van der Waals surface area contributed by atoms with E-state index < -0.39 is 17.7 Å². The van der Waals surface area contributed by atoms with Gasteiger partial charge in [0.1, 0.15) is 17.3 Å². The fourth-order valence-corrected chi connectivity index (χ4v) is 3.53. The first-order valence-corrected chi connectivity index (χ1v) is 9.36. The summed E-state index contributed by atoms with van der Waals surface area (Å²) < 4.78 is 10.3. The number of methoxy groups -OCH3 is 1. The van der Waals surface area contributed by atoms with Crippen LogP contribution in [0.25, 0.3) is 5.76 Å². The van der Waals surface area contributed by atoms with Gasteiger partial charge in [0.05, 0.1) is 18.7 Å². The van der Waals surface area contributed by atoms with E-state index in [1.807, 2.05) is 31.2 Å². The molecule has 0 radical (unpaired) electrons. The lowest BCUT2D eigenvalue weighted by Crippen LogP contribution is -2.29. The number of anilines is 1. The fraction of sp³-hybridized carbons (Fsp3) is 0.174. The lowest BCUT2D eigenvalue weighted by atomic mass is 9.94. The van der Waals surface area contributed by atoms with Gasteiger partial charge < -0.3 is 14.4 Å². The number of aliphatic hydroxyl groups excluding tert-OH is 1. The second-order valence-corrected chi connectivity index (χ2v) is 7.11. The van der Waals surface area contributed by atoms with E-state index in [0.717, 1.165) is 5.56 Å². The zero-order valence-electron chi connectivity index (χ0n) is 16.7. The maximum absolute atomic E-state index is 13.0. The average Bonchev–Trinajstić information content (AvgIpc) is 3.29.